The van der Waals surface area contributed by atoms with Gasteiger partial charge in [-0.15, -0.1) is 0 Å². The van der Waals surface area contributed by atoms with Crippen LogP contribution in [-0.4, -0.2) is 19.0 Å². The summed E-state index contributed by atoms with van der Waals surface area (Å²) in [5, 5.41) is 0. The van der Waals surface area contributed by atoms with Gasteiger partial charge in [-0.3, -0.25) is 0 Å². The molecule has 4 rings (SSSR count). The zero-order chi connectivity index (χ0) is 14.9. The van der Waals surface area contributed by atoms with Gasteiger partial charge in [-0.1, -0.05) is 24.3 Å². The molecular weight excluding hydrogens is 300 g/mol. The van der Waals surface area contributed by atoms with Crippen molar-refractivity contribution in [3.05, 3.63) is 60.2 Å². The number of H-pyrrole nitrogens is 1. The summed E-state index contributed by atoms with van der Waals surface area (Å²) in [6.07, 6.45) is 0. The van der Waals surface area contributed by atoms with Crippen LogP contribution in [-0.2, 0) is 18.0 Å². The number of rotatable bonds is 4. The normalized spacial score (nSPS) is 11.5. The molecule has 2 heterocycles. The standard InChI is InChI=1S/C16H13ClN4O/c17-21-14-8-4-3-7-13(14)20-16(21)10-22-9-15-18-11-5-1-2-6-12(11)19-15/h1-8H,9-10H2,(H,18,19). The van der Waals surface area contributed by atoms with Crippen molar-refractivity contribution in [2.24, 2.45) is 0 Å². The van der Waals surface area contributed by atoms with Crippen molar-refractivity contribution >= 4 is 33.8 Å². The Morgan fingerprint density at radius 1 is 0.955 bits per heavy atom. The summed E-state index contributed by atoms with van der Waals surface area (Å²) in [5.41, 5.74) is 3.68. The number of ether oxygens (including phenoxy) is 1. The smallest absolute Gasteiger partial charge is 0.150 e. The third-order valence-corrected chi connectivity index (χ3v) is 3.85. The zero-order valence-corrected chi connectivity index (χ0v) is 12.4. The van der Waals surface area contributed by atoms with Crippen molar-refractivity contribution in [3.8, 4) is 0 Å². The van der Waals surface area contributed by atoms with Crippen LogP contribution < -0.4 is 0 Å². The van der Waals surface area contributed by atoms with Gasteiger partial charge in [-0.25, -0.2) is 14.1 Å². The fourth-order valence-corrected chi connectivity index (χ4v) is 2.68. The number of nitrogens with one attached hydrogen (secondary N) is 1. The van der Waals surface area contributed by atoms with Crippen molar-refractivity contribution in [1.29, 1.82) is 0 Å². The number of hydrogen-bond donors (Lipinski definition) is 1. The minimum Gasteiger partial charge on any atom is -0.366 e. The molecule has 22 heavy (non-hydrogen) atoms. The van der Waals surface area contributed by atoms with E-state index >= 15 is 0 Å². The lowest BCUT2D eigenvalue weighted by Crippen LogP contribution is -2.00. The zero-order valence-electron chi connectivity index (χ0n) is 11.7. The van der Waals surface area contributed by atoms with Crippen LogP contribution in [0.15, 0.2) is 48.5 Å². The Hall–Kier alpha value is -2.37. The average Bonchev–Trinajstić information content (AvgIpc) is 3.09. The lowest BCUT2D eigenvalue weighted by Gasteiger charge is -2.01. The summed E-state index contributed by atoms with van der Waals surface area (Å²) in [7, 11) is 0. The van der Waals surface area contributed by atoms with Crippen LogP contribution in [0.5, 0.6) is 0 Å². The second-order valence-corrected chi connectivity index (χ2v) is 5.33. The molecule has 0 aliphatic carbocycles. The molecule has 0 bridgehead atoms. The van der Waals surface area contributed by atoms with Gasteiger partial charge >= 0.3 is 0 Å². The molecule has 0 unspecified atom stereocenters. The molecule has 2 aromatic heterocycles. The average molecular weight is 313 g/mol. The number of aromatic amines is 1. The monoisotopic (exact) mass is 312 g/mol. The highest BCUT2D eigenvalue weighted by Gasteiger charge is 2.09. The van der Waals surface area contributed by atoms with Crippen LogP contribution in [0.2, 0.25) is 0 Å². The Balaban J connectivity index is 1.48. The maximum absolute atomic E-state index is 6.25. The van der Waals surface area contributed by atoms with Crippen molar-refractivity contribution in [1.82, 2.24) is 19.0 Å². The van der Waals surface area contributed by atoms with Crippen molar-refractivity contribution in [3.63, 3.8) is 0 Å². The number of halogens is 1. The van der Waals surface area contributed by atoms with E-state index in [0.29, 0.717) is 19.0 Å². The Kier molecular flexibility index (Phi) is 3.29. The van der Waals surface area contributed by atoms with E-state index in [1.54, 1.807) is 0 Å². The first kappa shape index (κ1) is 13.3. The number of benzene rings is 2. The first-order chi connectivity index (χ1) is 10.8. The van der Waals surface area contributed by atoms with Gasteiger partial charge in [0, 0.05) is 11.8 Å². The van der Waals surface area contributed by atoms with Gasteiger partial charge in [-0.05, 0) is 24.3 Å². The SMILES string of the molecule is Cln1c(COCc2nc3ccccc3[nH]2)nc2ccccc21. The highest BCUT2D eigenvalue weighted by Crippen LogP contribution is 2.18. The fraction of sp³-hybridized carbons (Fsp3) is 0.125. The van der Waals surface area contributed by atoms with E-state index in [9.17, 15) is 0 Å². The highest BCUT2D eigenvalue weighted by molar-refractivity contribution is 6.19. The van der Waals surface area contributed by atoms with E-state index in [4.69, 9.17) is 16.5 Å². The van der Waals surface area contributed by atoms with Gasteiger partial charge in [-0.2, -0.15) is 0 Å². The Morgan fingerprint density at radius 2 is 1.73 bits per heavy atom. The van der Waals surface area contributed by atoms with Crippen LogP contribution in [0.25, 0.3) is 22.1 Å². The maximum Gasteiger partial charge on any atom is 0.150 e. The minimum absolute atomic E-state index is 0.329. The van der Waals surface area contributed by atoms with Crippen LogP contribution in [0.4, 0.5) is 0 Å². The van der Waals surface area contributed by atoms with Gasteiger partial charge in [0.2, 0.25) is 0 Å². The van der Waals surface area contributed by atoms with E-state index in [1.165, 1.54) is 4.09 Å². The summed E-state index contributed by atoms with van der Waals surface area (Å²) in [5.74, 6) is 1.47. The third-order valence-electron chi connectivity index (χ3n) is 3.48. The summed E-state index contributed by atoms with van der Waals surface area (Å²) < 4.78 is 7.22. The predicted octanol–water partition coefficient (Wildman–Crippen LogP) is 3.63. The summed E-state index contributed by atoms with van der Waals surface area (Å²) in [6.45, 7) is 0.712. The van der Waals surface area contributed by atoms with Crippen LogP contribution in [0, 0.1) is 0 Å². The molecule has 0 spiro atoms. The third kappa shape index (κ3) is 2.34. The molecule has 2 aromatic carbocycles. The van der Waals surface area contributed by atoms with Gasteiger partial charge < -0.3 is 9.72 Å². The molecule has 0 radical (unpaired) electrons. The molecule has 0 aliphatic heterocycles. The molecular formula is C16H13ClN4O. The highest BCUT2D eigenvalue weighted by atomic mass is 35.5. The molecule has 110 valence electrons. The summed E-state index contributed by atoms with van der Waals surface area (Å²) in [4.78, 5) is 12.2. The van der Waals surface area contributed by atoms with Crippen molar-refractivity contribution < 1.29 is 4.74 Å². The molecule has 1 N–H and O–H groups in total. The molecule has 6 heteroatoms. The van der Waals surface area contributed by atoms with Crippen molar-refractivity contribution in [2.45, 2.75) is 13.2 Å². The van der Waals surface area contributed by atoms with E-state index in [0.717, 1.165) is 27.9 Å². The van der Waals surface area contributed by atoms with Gasteiger partial charge in [0.1, 0.15) is 19.0 Å². The van der Waals surface area contributed by atoms with E-state index in [1.807, 2.05) is 48.5 Å². The topological polar surface area (TPSA) is 55.7 Å². The molecule has 0 saturated heterocycles. The molecule has 4 aromatic rings. The fourth-order valence-electron chi connectivity index (χ4n) is 2.45. The lowest BCUT2D eigenvalue weighted by atomic mass is 10.3. The second-order valence-electron chi connectivity index (χ2n) is 4.99. The van der Waals surface area contributed by atoms with E-state index < -0.39 is 0 Å². The first-order valence-electron chi connectivity index (χ1n) is 6.95. The molecule has 0 aliphatic rings. The predicted molar refractivity (Wildman–Crippen MR) is 85.6 cm³/mol. The van der Waals surface area contributed by atoms with Gasteiger partial charge in [0.05, 0.1) is 22.1 Å². The van der Waals surface area contributed by atoms with Crippen LogP contribution >= 0.6 is 11.8 Å². The number of nitrogens with zero attached hydrogens (tertiary/aromatic N) is 3. The maximum atomic E-state index is 6.25. The molecule has 0 atom stereocenters. The van der Waals surface area contributed by atoms with Crippen LogP contribution in [0.1, 0.15) is 11.6 Å². The van der Waals surface area contributed by atoms with E-state index in [-0.39, 0.29) is 0 Å². The molecule has 5 nitrogen and oxygen atoms in total. The van der Waals surface area contributed by atoms with E-state index in [2.05, 4.69) is 15.0 Å². The molecule has 0 fully saturated rings. The van der Waals surface area contributed by atoms with Gasteiger partial charge in [0.15, 0.2) is 5.82 Å². The molecule has 0 amide bonds. The number of para-hydroxylation sites is 4. The Bertz CT molecular complexity index is 911. The molecule has 0 saturated carbocycles. The first-order valence-corrected chi connectivity index (χ1v) is 7.29. The van der Waals surface area contributed by atoms with Crippen LogP contribution in [0.3, 0.4) is 0 Å². The second kappa shape index (κ2) is 5.44. The number of aromatic nitrogens is 4. The number of hydrogen-bond acceptors (Lipinski definition) is 3. The lowest BCUT2D eigenvalue weighted by molar-refractivity contribution is 0.0972. The minimum atomic E-state index is 0.329. The summed E-state index contributed by atoms with van der Waals surface area (Å²) in [6, 6.07) is 15.6. The largest absolute Gasteiger partial charge is 0.366 e. The van der Waals surface area contributed by atoms with Crippen molar-refractivity contribution in [2.75, 3.05) is 0 Å². The summed E-state index contributed by atoms with van der Waals surface area (Å²) >= 11 is 6.25. The Labute approximate surface area is 131 Å². The number of imidazole rings is 2. The number of fused-ring (bicyclic) bond motifs is 2. The van der Waals surface area contributed by atoms with Gasteiger partial charge in [0.25, 0.3) is 0 Å². The quantitative estimate of drug-likeness (QED) is 0.626. The Morgan fingerprint density at radius 3 is 2.55 bits per heavy atom.